The van der Waals surface area contributed by atoms with Crippen molar-refractivity contribution in [3.05, 3.63) is 0 Å². The second-order valence-electron chi connectivity index (χ2n) is 3.31. The van der Waals surface area contributed by atoms with E-state index in [1.807, 2.05) is 6.92 Å². The van der Waals surface area contributed by atoms with Crippen LogP contribution in [0.5, 0.6) is 0 Å². The molecular weight excluding hydrogens is 152 g/mol. The normalized spacial score (nSPS) is 13.3. The molecule has 0 saturated carbocycles. The molecule has 1 amide bonds. The molecular formula is C9H20N2O. The molecule has 0 spiro atoms. The largest absolute Gasteiger partial charge is 0.369 e. The highest BCUT2D eigenvalue weighted by atomic mass is 16.1. The summed E-state index contributed by atoms with van der Waals surface area (Å²) in [6, 6.07) is 0. The van der Waals surface area contributed by atoms with Crippen LogP contribution >= 0.6 is 0 Å². The third kappa shape index (κ3) is 5.13. The van der Waals surface area contributed by atoms with Crippen LogP contribution in [0.15, 0.2) is 0 Å². The van der Waals surface area contributed by atoms with E-state index in [4.69, 9.17) is 5.73 Å². The van der Waals surface area contributed by atoms with Crippen LogP contribution in [0.1, 0.15) is 27.2 Å². The number of hydrogen-bond acceptors (Lipinski definition) is 2. The molecule has 1 atom stereocenters. The summed E-state index contributed by atoms with van der Waals surface area (Å²) in [6.45, 7) is 8.64. The van der Waals surface area contributed by atoms with Gasteiger partial charge in [-0.15, -0.1) is 0 Å². The van der Waals surface area contributed by atoms with Crippen molar-refractivity contribution >= 4 is 5.91 Å². The lowest BCUT2D eigenvalue weighted by atomic mass is 10.1. The van der Waals surface area contributed by atoms with Crippen LogP contribution in [-0.2, 0) is 4.79 Å². The van der Waals surface area contributed by atoms with Crippen molar-refractivity contribution in [2.75, 3.05) is 19.6 Å². The van der Waals surface area contributed by atoms with Crippen LogP contribution in [0.25, 0.3) is 0 Å². The van der Waals surface area contributed by atoms with Crippen molar-refractivity contribution in [2.24, 2.45) is 11.7 Å². The Morgan fingerprint density at radius 1 is 1.50 bits per heavy atom. The van der Waals surface area contributed by atoms with E-state index in [1.54, 1.807) is 0 Å². The van der Waals surface area contributed by atoms with Crippen LogP contribution in [0, 0.1) is 5.92 Å². The molecule has 0 radical (unpaired) electrons. The zero-order valence-electron chi connectivity index (χ0n) is 8.34. The maximum Gasteiger partial charge on any atom is 0.231 e. The Morgan fingerprint density at radius 2 is 2.08 bits per heavy atom. The van der Waals surface area contributed by atoms with Crippen molar-refractivity contribution in [2.45, 2.75) is 27.2 Å². The lowest BCUT2D eigenvalue weighted by Gasteiger charge is -2.21. The van der Waals surface area contributed by atoms with Gasteiger partial charge in [0.05, 0.1) is 6.54 Å². The topological polar surface area (TPSA) is 46.3 Å². The minimum Gasteiger partial charge on any atom is -0.369 e. The quantitative estimate of drug-likeness (QED) is 0.645. The number of likely N-dealkylation sites (N-methyl/N-ethyl adjacent to an activating group) is 1. The Labute approximate surface area is 74.9 Å². The van der Waals surface area contributed by atoms with E-state index in [0.717, 1.165) is 19.5 Å². The van der Waals surface area contributed by atoms with Gasteiger partial charge in [-0.05, 0) is 12.5 Å². The minimum atomic E-state index is -0.236. The van der Waals surface area contributed by atoms with Crippen molar-refractivity contribution in [3.63, 3.8) is 0 Å². The number of nitrogens with two attached hydrogens (primary N) is 1. The summed E-state index contributed by atoms with van der Waals surface area (Å²) in [5.74, 6) is 0.407. The van der Waals surface area contributed by atoms with Gasteiger partial charge >= 0.3 is 0 Å². The van der Waals surface area contributed by atoms with Gasteiger partial charge in [-0.1, -0.05) is 27.2 Å². The predicted molar refractivity (Wildman–Crippen MR) is 50.8 cm³/mol. The van der Waals surface area contributed by atoms with E-state index in [1.165, 1.54) is 0 Å². The highest BCUT2D eigenvalue weighted by molar-refractivity contribution is 5.75. The summed E-state index contributed by atoms with van der Waals surface area (Å²) in [5, 5.41) is 0. The molecule has 0 aromatic carbocycles. The number of primary amides is 1. The summed E-state index contributed by atoms with van der Waals surface area (Å²) < 4.78 is 0. The summed E-state index contributed by atoms with van der Waals surface area (Å²) in [4.78, 5) is 12.7. The molecule has 0 heterocycles. The molecule has 0 aliphatic heterocycles. The molecule has 1 unspecified atom stereocenters. The lowest BCUT2D eigenvalue weighted by Crippen LogP contribution is -2.36. The van der Waals surface area contributed by atoms with Crippen molar-refractivity contribution in [1.29, 1.82) is 0 Å². The molecule has 0 rings (SSSR count). The van der Waals surface area contributed by atoms with Gasteiger partial charge in [0, 0.05) is 6.54 Å². The van der Waals surface area contributed by atoms with Gasteiger partial charge in [-0.2, -0.15) is 0 Å². The smallest absolute Gasteiger partial charge is 0.231 e. The van der Waals surface area contributed by atoms with Gasteiger partial charge in [-0.3, -0.25) is 9.69 Å². The summed E-state index contributed by atoms with van der Waals surface area (Å²) in [7, 11) is 0. The molecule has 2 N–H and O–H groups in total. The molecule has 3 heteroatoms. The highest BCUT2D eigenvalue weighted by Crippen LogP contribution is 2.03. The number of carbonyl (C=O) groups is 1. The number of amides is 1. The average molecular weight is 172 g/mol. The summed E-state index contributed by atoms with van der Waals surface area (Å²) >= 11 is 0. The third-order valence-corrected chi connectivity index (χ3v) is 2.09. The fourth-order valence-electron chi connectivity index (χ4n) is 1.10. The second kappa shape index (κ2) is 6.00. The van der Waals surface area contributed by atoms with Crippen molar-refractivity contribution in [1.82, 2.24) is 4.90 Å². The van der Waals surface area contributed by atoms with Crippen LogP contribution in [0.3, 0.4) is 0 Å². The summed E-state index contributed by atoms with van der Waals surface area (Å²) in [5.41, 5.74) is 5.11. The van der Waals surface area contributed by atoms with Crippen LogP contribution in [0.2, 0.25) is 0 Å². The van der Waals surface area contributed by atoms with E-state index in [0.29, 0.717) is 12.5 Å². The predicted octanol–water partition coefficient (Wildman–Crippen LogP) is 0.840. The Morgan fingerprint density at radius 3 is 2.42 bits per heavy atom. The minimum absolute atomic E-state index is 0.236. The molecule has 0 aliphatic carbocycles. The monoisotopic (exact) mass is 172 g/mol. The molecule has 72 valence electrons. The number of nitrogens with zero attached hydrogens (tertiary/aromatic N) is 1. The fraction of sp³-hybridized carbons (Fsp3) is 0.889. The Hall–Kier alpha value is -0.570. The van der Waals surface area contributed by atoms with Gasteiger partial charge in [0.25, 0.3) is 0 Å². The van der Waals surface area contributed by atoms with Gasteiger partial charge in [-0.25, -0.2) is 0 Å². The number of carbonyl (C=O) groups excluding carboxylic acids is 1. The van der Waals surface area contributed by atoms with Gasteiger partial charge in [0.2, 0.25) is 5.91 Å². The average Bonchev–Trinajstić information content (AvgIpc) is 2.02. The van der Waals surface area contributed by atoms with Gasteiger partial charge < -0.3 is 5.73 Å². The van der Waals surface area contributed by atoms with Gasteiger partial charge in [0.1, 0.15) is 0 Å². The van der Waals surface area contributed by atoms with Crippen molar-refractivity contribution in [3.8, 4) is 0 Å². The van der Waals surface area contributed by atoms with Crippen LogP contribution < -0.4 is 5.73 Å². The fourth-order valence-corrected chi connectivity index (χ4v) is 1.10. The molecule has 0 saturated heterocycles. The van der Waals surface area contributed by atoms with E-state index < -0.39 is 0 Å². The molecule has 12 heavy (non-hydrogen) atoms. The zero-order chi connectivity index (χ0) is 9.56. The Bertz CT molecular complexity index is 136. The molecule has 0 aromatic rings. The van der Waals surface area contributed by atoms with E-state index >= 15 is 0 Å². The highest BCUT2D eigenvalue weighted by Gasteiger charge is 2.08. The SMILES string of the molecule is CCC(C)CN(CC)CC(N)=O. The van der Waals surface area contributed by atoms with Crippen LogP contribution in [0.4, 0.5) is 0 Å². The molecule has 0 bridgehead atoms. The molecule has 0 fully saturated rings. The number of hydrogen-bond donors (Lipinski definition) is 1. The van der Waals surface area contributed by atoms with Crippen LogP contribution in [-0.4, -0.2) is 30.4 Å². The Kier molecular flexibility index (Phi) is 5.72. The molecule has 3 nitrogen and oxygen atoms in total. The first-order valence-electron chi connectivity index (χ1n) is 4.60. The second-order valence-corrected chi connectivity index (χ2v) is 3.31. The van der Waals surface area contributed by atoms with Crippen molar-refractivity contribution < 1.29 is 4.79 Å². The maximum atomic E-state index is 10.6. The standard InChI is InChI=1S/C9H20N2O/c1-4-8(3)6-11(5-2)7-9(10)12/h8H,4-7H2,1-3H3,(H2,10,12). The zero-order valence-corrected chi connectivity index (χ0v) is 8.34. The lowest BCUT2D eigenvalue weighted by molar-refractivity contribution is -0.119. The first-order chi connectivity index (χ1) is 5.60. The molecule has 0 aliphatic rings. The van der Waals surface area contributed by atoms with E-state index in [2.05, 4.69) is 18.7 Å². The van der Waals surface area contributed by atoms with E-state index in [-0.39, 0.29) is 5.91 Å². The van der Waals surface area contributed by atoms with Gasteiger partial charge in [0.15, 0.2) is 0 Å². The molecule has 0 aromatic heterocycles. The number of rotatable bonds is 6. The maximum absolute atomic E-state index is 10.6. The first-order valence-corrected chi connectivity index (χ1v) is 4.60. The summed E-state index contributed by atoms with van der Waals surface area (Å²) in [6.07, 6.45) is 1.15. The van der Waals surface area contributed by atoms with E-state index in [9.17, 15) is 4.79 Å². The Balaban J connectivity index is 3.74. The third-order valence-electron chi connectivity index (χ3n) is 2.09. The first kappa shape index (κ1) is 11.4.